The number of aromatic nitrogens is 1. The SMILES string of the molecule is Cc1ccccc1Cn1cccc1CN(CC(C)C)C[C@@H](O)COCc1ccco1. The van der Waals surface area contributed by atoms with E-state index in [-0.39, 0.29) is 0 Å². The lowest BCUT2D eigenvalue weighted by atomic mass is 10.1. The number of furan rings is 1. The van der Waals surface area contributed by atoms with Gasteiger partial charge in [-0.05, 0) is 48.2 Å². The predicted octanol–water partition coefficient (Wildman–Crippen LogP) is 4.47. The number of aliphatic hydroxyl groups excluding tert-OH is 1. The lowest BCUT2D eigenvalue weighted by molar-refractivity contribution is 0.00193. The van der Waals surface area contributed by atoms with Gasteiger partial charge in [-0.15, -0.1) is 0 Å². The molecule has 0 amide bonds. The van der Waals surface area contributed by atoms with Crippen LogP contribution in [0, 0.1) is 12.8 Å². The Hall–Kier alpha value is -2.34. The second-order valence-electron chi connectivity index (χ2n) is 8.39. The molecule has 0 fully saturated rings. The smallest absolute Gasteiger partial charge is 0.129 e. The zero-order valence-corrected chi connectivity index (χ0v) is 18.3. The van der Waals surface area contributed by atoms with E-state index in [1.807, 2.05) is 12.1 Å². The average molecular weight is 411 g/mol. The van der Waals surface area contributed by atoms with Crippen LogP contribution in [0.2, 0.25) is 0 Å². The summed E-state index contributed by atoms with van der Waals surface area (Å²) in [6, 6.07) is 16.5. The van der Waals surface area contributed by atoms with Crippen LogP contribution >= 0.6 is 0 Å². The van der Waals surface area contributed by atoms with Gasteiger partial charge in [-0.2, -0.15) is 0 Å². The summed E-state index contributed by atoms with van der Waals surface area (Å²) in [6.07, 6.45) is 3.22. The second kappa shape index (κ2) is 11.2. The maximum absolute atomic E-state index is 10.5. The van der Waals surface area contributed by atoms with Crippen LogP contribution < -0.4 is 0 Å². The normalized spacial score (nSPS) is 12.7. The maximum atomic E-state index is 10.5. The Labute approximate surface area is 179 Å². The van der Waals surface area contributed by atoms with Gasteiger partial charge in [-0.3, -0.25) is 4.90 Å². The van der Waals surface area contributed by atoms with E-state index in [9.17, 15) is 5.11 Å². The quantitative estimate of drug-likeness (QED) is 0.479. The standard InChI is InChI=1S/C25H34N2O3/c1-20(2)14-26(17-24(28)18-29-19-25-11-7-13-30-25)16-23-10-6-12-27(23)15-22-9-5-4-8-21(22)3/h4-13,20,24,28H,14-19H2,1-3H3/t24-/m1/s1. The molecule has 162 valence electrons. The van der Waals surface area contributed by atoms with E-state index < -0.39 is 6.10 Å². The van der Waals surface area contributed by atoms with Crippen LogP contribution in [0.25, 0.3) is 0 Å². The number of rotatable bonds is 12. The Morgan fingerprint density at radius 1 is 1.07 bits per heavy atom. The molecule has 3 aromatic rings. The van der Waals surface area contributed by atoms with Crippen molar-refractivity contribution in [3.05, 3.63) is 83.6 Å². The Kier molecular flexibility index (Phi) is 8.31. The largest absolute Gasteiger partial charge is 0.467 e. The highest BCUT2D eigenvalue weighted by molar-refractivity contribution is 5.26. The fourth-order valence-electron chi connectivity index (χ4n) is 3.71. The van der Waals surface area contributed by atoms with Crippen molar-refractivity contribution in [3.63, 3.8) is 0 Å². The molecule has 0 unspecified atom stereocenters. The molecule has 0 aliphatic carbocycles. The molecule has 0 aliphatic heterocycles. The molecular formula is C25H34N2O3. The zero-order valence-electron chi connectivity index (χ0n) is 18.3. The maximum Gasteiger partial charge on any atom is 0.129 e. The third-order valence-electron chi connectivity index (χ3n) is 5.14. The zero-order chi connectivity index (χ0) is 21.3. The monoisotopic (exact) mass is 410 g/mol. The van der Waals surface area contributed by atoms with Crippen molar-refractivity contribution < 1.29 is 14.3 Å². The van der Waals surface area contributed by atoms with E-state index in [0.717, 1.165) is 25.4 Å². The van der Waals surface area contributed by atoms with Crippen LogP contribution in [-0.4, -0.2) is 40.4 Å². The Balaban J connectivity index is 1.58. The van der Waals surface area contributed by atoms with Crippen LogP contribution in [0.5, 0.6) is 0 Å². The van der Waals surface area contributed by atoms with Gasteiger partial charge in [0.25, 0.3) is 0 Å². The molecule has 5 nitrogen and oxygen atoms in total. The molecule has 1 N–H and O–H groups in total. The molecule has 0 aliphatic rings. The van der Waals surface area contributed by atoms with Gasteiger partial charge in [0, 0.05) is 38.1 Å². The molecule has 0 spiro atoms. The van der Waals surface area contributed by atoms with E-state index in [1.54, 1.807) is 6.26 Å². The fraction of sp³-hybridized carbons (Fsp3) is 0.440. The lowest BCUT2D eigenvalue weighted by Crippen LogP contribution is -2.37. The van der Waals surface area contributed by atoms with Crippen molar-refractivity contribution in [2.75, 3.05) is 19.7 Å². The molecule has 1 atom stereocenters. The molecule has 0 bridgehead atoms. The molecule has 0 radical (unpaired) electrons. The average Bonchev–Trinajstić information content (AvgIpc) is 3.35. The summed E-state index contributed by atoms with van der Waals surface area (Å²) >= 11 is 0. The molecule has 30 heavy (non-hydrogen) atoms. The summed E-state index contributed by atoms with van der Waals surface area (Å²) < 4.78 is 13.2. The van der Waals surface area contributed by atoms with Gasteiger partial charge < -0.3 is 18.8 Å². The van der Waals surface area contributed by atoms with Crippen molar-refractivity contribution in [2.45, 2.75) is 46.6 Å². The highest BCUT2D eigenvalue weighted by Gasteiger charge is 2.16. The first kappa shape index (κ1) is 22.3. The van der Waals surface area contributed by atoms with Crippen LogP contribution in [0.3, 0.4) is 0 Å². The summed E-state index contributed by atoms with van der Waals surface area (Å²) in [6.45, 7) is 10.4. The van der Waals surface area contributed by atoms with Gasteiger partial charge in [0.1, 0.15) is 12.4 Å². The molecular weight excluding hydrogens is 376 g/mol. The molecule has 0 saturated carbocycles. The van der Waals surface area contributed by atoms with Gasteiger partial charge in [-0.25, -0.2) is 0 Å². The number of aliphatic hydroxyl groups is 1. The van der Waals surface area contributed by atoms with Crippen molar-refractivity contribution >= 4 is 0 Å². The van der Waals surface area contributed by atoms with E-state index in [0.29, 0.717) is 25.7 Å². The predicted molar refractivity (Wildman–Crippen MR) is 119 cm³/mol. The molecule has 1 aromatic carbocycles. The highest BCUT2D eigenvalue weighted by Crippen LogP contribution is 2.15. The summed E-state index contributed by atoms with van der Waals surface area (Å²) in [5.41, 5.74) is 3.89. The second-order valence-corrected chi connectivity index (χ2v) is 8.39. The molecule has 3 rings (SSSR count). The van der Waals surface area contributed by atoms with Crippen LogP contribution in [-0.2, 0) is 24.4 Å². The Morgan fingerprint density at radius 2 is 1.90 bits per heavy atom. The van der Waals surface area contributed by atoms with Crippen molar-refractivity contribution in [1.82, 2.24) is 9.47 Å². The number of hydrogen-bond acceptors (Lipinski definition) is 4. The van der Waals surface area contributed by atoms with E-state index in [2.05, 4.69) is 72.8 Å². The number of benzene rings is 1. The van der Waals surface area contributed by atoms with E-state index in [1.165, 1.54) is 16.8 Å². The highest BCUT2D eigenvalue weighted by atomic mass is 16.5. The first-order valence-corrected chi connectivity index (χ1v) is 10.7. The van der Waals surface area contributed by atoms with Crippen LogP contribution in [0.4, 0.5) is 0 Å². The van der Waals surface area contributed by atoms with Crippen LogP contribution in [0.1, 0.15) is 36.4 Å². The van der Waals surface area contributed by atoms with Crippen molar-refractivity contribution in [2.24, 2.45) is 5.92 Å². The third kappa shape index (κ3) is 6.87. The molecule has 5 heteroatoms. The van der Waals surface area contributed by atoms with Gasteiger partial charge in [0.2, 0.25) is 0 Å². The first-order valence-electron chi connectivity index (χ1n) is 10.7. The Morgan fingerprint density at radius 3 is 2.63 bits per heavy atom. The number of ether oxygens (including phenoxy) is 1. The minimum absolute atomic E-state index is 0.291. The number of aryl methyl sites for hydroxylation is 1. The number of hydrogen-bond donors (Lipinski definition) is 1. The topological polar surface area (TPSA) is 50.8 Å². The molecule has 0 saturated heterocycles. The third-order valence-corrected chi connectivity index (χ3v) is 5.14. The summed E-state index contributed by atoms with van der Waals surface area (Å²) in [5, 5.41) is 10.5. The molecule has 2 heterocycles. The summed E-state index contributed by atoms with van der Waals surface area (Å²) in [7, 11) is 0. The summed E-state index contributed by atoms with van der Waals surface area (Å²) in [4.78, 5) is 2.31. The number of nitrogens with zero attached hydrogens (tertiary/aromatic N) is 2. The first-order chi connectivity index (χ1) is 14.5. The van der Waals surface area contributed by atoms with E-state index in [4.69, 9.17) is 9.15 Å². The minimum Gasteiger partial charge on any atom is -0.467 e. The van der Waals surface area contributed by atoms with Gasteiger partial charge in [-0.1, -0.05) is 38.1 Å². The minimum atomic E-state index is -0.543. The van der Waals surface area contributed by atoms with Gasteiger partial charge in [0.05, 0.1) is 19.0 Å². The van der Waals surface area contributed by atoms with Crippen LogP contribution in [0.15, 0.2) is 65.4 Å². The fourth-order valence-corrected chi connectivity index (χ4v) is 3.71. The van der Waals surface area contributed by atoms with Gasteiger partial charge in [0.15, 0.2) is 0 Å². The summed E-state index contributed by atoms with van der Waals surface area (Å²) in [5.74, 6) is 1.29. The Bertz CT molecular complexity index is 870. The lowest BCUT2D eigenvalue weighted by Gasteiger charge is -2.27. The van der Waals surface area contributed by atoms with E-state index >= 15 is 0 Å². The van der Waals surface area contributed by atoms with Crippen molar-refractivity contribution in [3.8, 4) is 0 Å². The molecule has 2 aromatic heterocycles. The van der Waals surface area contributed by atoms with Gasteiger partial charge >= 0.3 is 0 Å². The van der Waals surface area contributed by atoms with Crippen molar-refractivity contribution in [1.29, 1.82) is 0 Å².